The van der Waals surface area contributed by atoms with E-state index in [4.69, 9.17) is 0 Å². The van der Waals surface area contributed by atoms with Crippen molar-refractivity contribution in [1.29, 1.82) is 0 Å². The maximum Gasteiger partial charge on any atom is 0 e. The molecule has 0 aromatic carbocycles. The maximum absolute atomic E-state index is 0. The van der Waals surface area contributed by atoms with E-state index in [1.165, 1.54) is 0 Å². The van der Waals surface area contributed by atoms with Crippen LogP contribution in [0, 0.1) is 7.43 Å². The minimum atomic E-state index is 0. The van der Waals surface area contributed by atoms with Gasteiger partial charge in [-0.3, -0.25) is 0 Å². The van der Waals surface area contributed by atoms with Crippen molar-refractivity contribution in [2.24, 2.45) is 0 Å². The van der Waals surface area contributed by atoms with Crippen molar-refractivity contribution in [2.45, 2.75) is 0 Å². The summed E-state index contributed by atoms with van der Waals surface area (Å²) in [7, 11) is 0. The van der Waals surface area contributed by atoms with Gasteiger partial charge in [-0.15, -0.1) is 0 Å². The Balaban J connectivity index is 0. The zero-order valence-electron chi connectivity index (χ0n) is 1.66. The summed E-state index contributed by atoms with van der Waals surface area (Å²) in [6, 6.07) is 0. The molecule has 0 N–H and O–H groups in total. The monoisotopic (exact) mass is 140 g/mol. The summed E-state index contributed by atoms with van der Waals surface area (Å²) < 4.78 is 0. The first-order valence-electron chi connectivity index (χ1n) is 0. The molecular weight excluding hydrogens is 140 g/mol. The fraction of sp³-hybridized carbons (Fsp3) is 0. The molecule has 0 fully saturated rings. The van der Waals surface area contributed by atoms with Gasteiger partial charge in [0.2, 0.25) is 0 Å². The molecule has 0 heterocycles. The molecular formula is CCoMnN. The van der Waals surface area contributed by atoms with Gasteiger partial charge >= 0.3 is 0 Å². The van der Waals surface area contributed by atoms with E-state index in [0.717, 1.165) is 0 Å². The Bertz CT molecular complexity index is 8.00. The van der Waals surface area contributed by atoms with Gasteiger partial charge in [-0.25, -0.2) is 0 Å². The molecule has 0 aromatic rings. The van der Waals surface area contributed by atoms with Crippen LogP contribution in [0.4, 0.5) is 0 Å². The molecule has 3 heteroatoms. The molecule has 0 spiro atoms. The van der Waals surface area contributed by atoms with Crippen molar-refractivity contribution < 1.29 is 33.8 Å². The Morgan fingerprint density at radius 2 is 1.00 bits per heavy atom. The van der Waals surface area contributed by atoms with E-state index in [1.54, 1.807) is 0 Å². The molecule has 0 aliphatic carbocycles. The summed E-state index contributed by atoms with van der Waals surface area (Å²) in [6.07, 6.45) is 0. The van der Waals surface area contributed by atoms with Gasteiger partial charge in [-0.2, -0.15) is 0 Å². The van der Waals surface area contributed by atoms with Gasteiger partial charge in [-0.05, 0) is 0 Å². The Labute approximate surface area is 47.8 Å². The Morgan fingerprint density at radius 1 is 1.00 bits per heavy atom. The van der Waals surface area contributed by atoms with Gasteiger partial charge in [0, 0.05) is 47.4 Å². The van der Waals surface area contributed by atoms with Crippen LogP contribution in [0.25, 0.3) is 0 Å². The second-order valence-electron chi connectivity index (χ2n) is 0. The normalized spacial score (nSPS) is 0. The zero-order valence-corrected chi connectivity index (χ0v) is 3.88. The largest absolute Gasteiger partial charge is 0 e. The SMILES string of the molecule is [C].[Co].[Mn].[N]. The standard InChI is InChI=1S/C.Co.Mn.N. The minimum Gasteiger partial charge on any atom is 0 e. The molecule has 0 rings (SSSR count). The second kappa shape index (κ2) is 36.6. The Kier molecular flexibility index (Phi) is 745. The van der Waals surface area contributed by atoms with Crippen molar-refractivity contribution >= 4 is 0 Å². The summed E-state index contributed by atoms with van der Waals surface area (Å²) in [6.45, 7) is 0. The third-order valence-electron chi connectivity index (χ3n) is 0. The van der Waals surface area contributed by atoms with E-state index in [2.05, 4.69) is 0 Å². The first-order valence-corrected chi connectivity index (χ1v) is 0. The number of nitrogens with zero attached hydrogens (tertiary/aromatic N) is 1. The molecule has 0 aliphatic rings. The minimum absolute atomic E-state index is 0. The van der Waals surface area contributed by atoms with Crippen LogP contribution >= 0.6 is 0 Å². The molecule has 0 saturated heterocycles. The van der Waals surface area contributed by atoms with Gasteiger partial charge < -0.3 is 0 Å². The van der Waals surface area contributed by atoms with Crippen LogP contribution in [-0.4, -0.2) is 0 Å². The Hall–Kier alpha value is 0.986. The van der Waals surface area contributed by atoms with Crippen LogP contribution in [0.1, 0.15) is 0 Å². The van der Waals surface area contributed by atoms with E-state index >= 15 is 0 Å². The van der Waals surface area contributed by atoms with Gasteiger partial charge in [0.1, 0.15) is 0 Å². The van der Waals surface area contributed by atoms with Crippen LogP contribution in [0.15, 0.2) is 0 Å². The number of hydrogen-bond acceptors (Lipinski definition) is 0. The Morgan fingerprint density at radius 3 is 1.00 bits per heavy atom. The van der Waals surface area contributed by atoms with Crippen LogP contribution in [0.5, 0.6) is 0 Å². The van der Waals surface area contributed by atoms with Crippen LogP contribution in [-0.2, 0) is 33.8 Å². The fourth-order valence-electron chi connectivity index (χ4n) is 0. The summed E-state index contributed by atoms with van der Waals surface area (Å²) >= 11 is 0. The van der Waals surface area contributed by atoms with Crippen LogP contribution < -0.4 is 6.15 Å². The van der Waals surface area contributed by atoms with Crippen molar-refractivity contribution in [3.05, 3.63) is 7.43 Å². The number of hydrogen-bond donors (Lipinski definition) is 0. The van der Waals surface area contributed by atoms with E-state index < -0.39 is 0 Å². The maximum atomic E-state index is 0. The predicted octanol–water partition coefficient (Wildman–Crippen LogP) is -0.404. The topological polar surface area (TPSA) is 30.5 Å². The molecule has 0 atom stereocenters. The van der Waals surface area contributed by atoms with E-state index in [0.29, 0.717) is 0 Å². The molecule has 9 radical (unpaired) electrons. The summed E-state index contributed by atoms with van der Waals surface area (Å²) in [4.78, 5) is 0. The second-order valence-corrected chi connectivity index (χ2v) is 0. The van der Waals surface area contributed by atoms with E-state index in [9.17, 15) is 0 Å². The first-order chi connectivity index (χ1) is 0. The number of rotatable bonds is 0. The quantitative estimate of drug-likeness (QED) is 0.409. The predicted molar refractivity (Wildman–Crippen MR) is 5.38 cm³/mol. The fourth-order valence-corrected chi connectivity index (χ4v) is 0. The van der Waals surface area contributed by atoms with Crippen molar-refractivity contribution in [1.82, 2.24) is 6.15 Å². The van der Waals surface area contributed by atoms with E-state index in [-0.39, 0.29) is 47.4 Å². The van der Waals surface area contributed by atoms with Gasteiger partial charge in [-0.1, -0.05) is 0 Å². The van der Waals surface area contributed by atoms with Gasteiger partial charge in [0.25, 0.3) is 0 Å². The molecule has 0 aliphatic heterocycles. The molecule has 4 heavy (non-hydrogen) atoms. The third kappa shape index (κ3) is 12.1. The van der Waals surface area contributed by atoms with Crippen LogP contribution in [0.3, 0.4) is 0 Å². The zero-order chi connectivity index (χ0) is 0. The third-order valence-corrected chi connectivity index (χ3v) is 0. The molecule has 0 amide bonds. The van der Waals surface area contributed by atoms with Crippen LogP contribution in [0.2, 0.25) is 0 Å². The smallest absolute Gasteiger partial charge is 0 e. The van der Waals surface area contributed by atoms with Crippen molar-refractivity contribution in [3.8, 4) is 0 Å². The van der Waals surface area contributed by atoms with Gasteiger partial charge in [0.15, 0.2) is 0 Å². The average Bonchev–Trinajstić information content (AvgIpc) is 0. The first kappa shape index (κ1) is 81.5. The van der Waals surface area contributed by atoms with Crippen molar-refractivity contribution in [2.75, 3.05) is 0 Å². The molecule has 0 unspecified atom stereocenters. The van der Waals surface area contributed by atoms with E-state index in [1.807, 2.05) is 0 Å². The molecule has 0 saturated carbocycles. The summed E-state index contributed by atoms with van der Waals surface area (Å²) in [5.41, 5.74) is 0. The molecule has 0 bridgehead atoms. The molecule has 0 aromatic heterocycles. The summed E-state index contributed by atoms with van der Waals surface area (Å²) in [5, 5.41) is 0. The summed E-state index contributed by atoms with van der Waals surface area (Å²) in [5.74, 6) is 0. The molecule has 1 nitrogen and oxygen atoms in total. The van der Waals surface area contributed by atoms with Gasteiger partial charge in [0.05, 0.1) is 0 Å². The average molecular weight is 140 g/mol. The molecule has 25 valence electrons. The van der Waals surface area contributed by atoms with Crippen molar-refractivity contribution in [3.63, 3.8) is 0 Å².